The van der Waals surface area contributed by atoms with Gasteiger partial charge in [0.2, 0.25) is 5.91 Å². The summed E-state index contributed by atoms with van der Waals surface area (Å²) in [6.07, 6.45) is 3.19. The standard InChI is InChI=1S/C12H14BrNO4S/c1-18-7-6-9(12(16)17)14-11(15)5-3-8-2-4-10(13)19-8/h2-5,9H,6-7H2,1H3,(H,14,15)(H,16,17)/b5-3+. The minimum Gasteiger partial charge on any atom is -0.480 e. The second kappa shape index (κ2) is 8.08. The Hall–Kier alpha value is -1.18. The number of halogens is 1. The molecule has 1 rings (SSSR count). The monoisotopic (exact) mass is 347 g/mol. The molecule has 1 amide bonds. The zero-order valence-corrected chi connectivity index (χ0v) is 12.7. The first kappa shape index (κ1) is 15.9. The largest absolute Gasteiger partial charge is 0.480 e. The van der Waals surface area contributed by atoms with Crippen molar-refractivity contribution in [2.75, 3.05) is 13.7 Å². The number of amides is 1. The fraction of sp³-hybridized carbons (Fsp3) is 0.333. The predicted molar refractivity (Wildman–Crippen MR) is 77.1 cm³/mol. The molecule has 0 aliphatic rings. The van der Waals surface area contributed by atoms with Crippen molar-refractivity contribution in [1.29, 1.82) is 0 Å². The van der Waals surface area contributed by atoms with Gasteiger partial charge in [-0.25, -0.2) is 4.79 Å². The first-order chi connectivity index (χ1) is 9.02. The van der Waals surface area contributed by atoms with E-state index >= 15 is 0 Å². The van der Waals surface area contributed by atoms with Crippen LogP contribution in [0.25, 0.3) is 6.08 Å². The van der Waals surface area contributed by atoms with E-state index in [-0.39, 0.29) is 13.0 Å². The molecular weight excluding hydrogens is 334 g/mol. The minimum atomic E-state index is -1.07. The van der Waals surface area contributed by atoms with E-state index in [0.29, 0.717) is 0 Å². The van der Waals surface area contributed by atoms with Gasteiger partial charge in [0.05, 0.1) is 3.79 Å². The number of carbonyl (C=O) groups is 2. The zero-order valence-electron chi connectivity index (χ0n) is 10.3. The summed E-state index contributed by atoms with van der Waals surface area (Å²) in [6.45, 7) is 0.277. The first-order valence-corrected chi connectivity index (χ1v) is 7.09. The van der Waals surface area contributed by atoms with E-state index in [2.05, 4.69) is 21.2 Å². The Bertz CT molecular complexity index is 472. The number of carboxylic acids is 1. The highest BCUT2D eigenvalue weighted by molar-refractivity contribution is 9.11. The van der Waals surface area contributed by atoms with E-state index < -0.39 is 17.9 Å². The Kier molecular flexibility index (Phi) is 6.75. The SMILES string of the molecule is COCCC(NC(=O)/C=C/c1ccc(Br)s1)C(=O)O. The number of ether oxygens (including phenoxy) is 1. The molecule has 5 nitrogen and oxygen atoms in total. The van der Waals surface area contributed by atoms with Crippen LogP contribution in [0.15, 0.2) is 22.0 Å². The lowest BCUT2D eigenvalue weighted by atomic mass is 10.2. The van der Waals surface area contributed by atoms with Gasteiger partial charge in [-0.1, -0.05) is 0 Å². The number of carboxylic acid groups (broad SMARTS) is 1. The van der Waals surface area contributed by atoms with Gasteiger partial charge in [-0.3, -0.25) is 4.79 Å². The van der Waals surface area contributed by atoms with Gasteiger partial charge in [0, 0.05) is 31.1 Å². The summed E-state index contributed by atoms with van der Waals surface area (Å²) in [5.74, 6) is -1.51. The molecule has 0 bridgehead atoms. The quantitative estimate of drug-likeness (QED) is 0.741. The Morgan fingerprint density at radius 1 is 1.58 bits per heavy atom. The van der Waals surface area contributed by atoms with Crippen molar-refractivity contribution in [2.24, 2.45) is 0 Å². The first-order valence-electron chi connectivity index (χ1n) is 5.48. The van der Waals surface area contributed by atoms with Gasteiger partial charge in [0.1, 0.15) is 6.04 Å². The van der Waals surface area contributed by atoms with Crippen LogP contribution in [-0.4, -0.2) is 36.7 Å². The molecule has 0 spiro atoms. The van der Waals surface area contributed by atoms with Crippen LogP contribution in [-0.2, 0) is 14.3 Å². The summed E-state index contributed by atoms with van der Waals surface area (Å²) >= 11 is 4.80. The van der Waals surface area contributed by atoms with Crippen molar-refractivity contribution >= 4 is 45.2 Å². The average molecular weight is 348 g/mol. The molecule has 0 aromatic carbocycles. The zero-order chi connectivity index (χ0) is 14.3. The van der Waals surface area contributed by atoms with Crippen LogP contribution in [0.4, 0.5) is 0 Å². The molecule has 7 heteroatoms. The molecule has 0 aliphatic carbocycles. The van der Waals surface area contributed by atoms with Crippen molar-refractivity contribution in [3.05, 3.63) is 26.9 Å². The molecule has 104 valence electrons. The van der Waals surface area contributed by atoms with Gasteiger partial charge in [0.15, 0.2) is 0 Å². The third kappa shape index (κ3) is 6.00. The molecule has 0 fully saturated rings. The summed E-state index contributed by atoms with van der Waals surface area (Å²) in [5.41, 5.74) is 0. The van der Waals surface area contributed by atoms with E-state index in [9.17, 15) is 9.59 Å². The third-order valence-corrected chi connectivity index (χ3v) is 3.81. The molecule has 19 heavy (non-hydrogen) atoms. The normalized spacial score (nSPS) is 12.5. The molecular formula is C12H14BrNO4S. The van der Waals surface area contributed by atoms with Crippen molar-refractivity contribution in [1.82, 2.24) is 5.32 Å². The summed E-state index contributed by atoms with van der Waals surface area (Å²) in [7, 11) is 1.48. The highest BCUT2D eigenvalue weighted by atomic mass is 79.9. The highest BCUT2D eigenvalue weighted by Crippen LogP contribution is 2.22. The number of methoxy groups -OCH3 is 1. The van der Waals surface area contributed by atoms with Crippen LogP contribution < -0.4 is 5.32 Å². The van der Waals surface area contributed by atoms with Crippen LogP contribution >= 0.6 is 27.3 Å². The van der Waals surface area contributed by atoms with E-state index in [1.165, 1.54) is 24.5 Å². The predicted octanol–water partition coefficient (Wildman–Crippen LogP) is 2.13. The summed E-state index contributed by atoms with van der Waals surface area (Å²) in [6, 6.07) is 2.80. The molecule has 0 saturated heterocycles. The topological polar surface area (TPSA) is 75.6 Å². The fourth-order valence-corrected chi connectivity index (χ4v) is 2.61. The summed E-state index contributed by atoms with van der Waals surface area (Å²) < 4.78 is 5.77. The van der Waals surface area contributed by atoms with Gasteiger partial charge < -0.3 is 15.2 Å². The van der Waals surface area contributed by atoms with Crippen LogP contribution in [0.1, 0.15) is 11.3 Å². The van der Waals surface area contributed by atoms with Crippen molar-refractivity contribution in [3.8, 4) is 0 Å². The van der Waals surface area contributed by atoms with Crippen LogP contribution in [0, 0.1) is 0 Å². The fourth-order valence-electron chi connectivity index (χ4n) is 1.29. The Morgan fingerprint density at radius 3 is 2.84 bits per heavy atom. The van der Waals surface area contributed by atoms with Gasteiger partial charge >= 0.3 is 5.97 Å². The minimum absolute atomic E-state index is 0.232. The van der Waals surface area contributed by atoms with Crippen molar-refractivity contribution < 1.29 is 19.4 Å². The number of nitrogens with one attached hydrogen (secondary N) is 1. The number of thiophene rings is 1. The average Bonchev–Trinajstić information content (AvgIpc) is 2.77. The number of hydrogen-bond acceptors (Lipinski definition) is 4. The van der Waals surface area contributed by atoms with E-state index in [1.807, 2.05) is 12.1 Å². The van der Waals surface area contributed by atoms with Crippen LogP contribution in [0.3, 0.4) is 0 Å². The molecule has 0 radical (unpaired) electrons. The molecule has 0 saturated carbocycles. The second-order valence-corrected chi connectivity index (χ2v) is 6.15. The van der Waals surface area contributed by atoms with Gasteiger partial charge in [-0.05, 0) is 34.1 Å². The lowest BCUT2D eigenvalue weighted by Crippen LogP contribution is -2.40. The molecule has 1 aromatic heterocycles. The smallest absolute Gasteiger partial charge is 0.326 e. The maximum Gasteiger partial charge on any atom is 0.326 e. The molecule has 0 aliphatic heterocycles. The summed E-state index contributed by atoms with van der Waals surface area (Å²) in [4.78, 5) is 23.4. The van der Waals surface area contributed by atoms with E-state index in [4.69, 9.17) is 9.84 Å². The molecule has 2 N–H and O–H groups in total. The molecule has 1 heterocycles. The number of rotatable bonds is 7. The van der Waals surface area contributed by atoms with E-state index in [0.717, 1.165) is 8.66 Å². The molecule has 1 atom stereocenters. The maximum atomic E-state index is 11.6. The lowest BCUT2D eigenvalue weighted by Gasteiger charge is -2.12. The third-order valence-electron chi connectivity index (χ3n) is 2.22. The van der Waals surface area contributed by atoms with Gasteiger partial charge in [-0.2, -0.15) is 0 Å². The van der Waals surface area contributed by atoms with Crippen LogP contribution in [0.2, 0.25) is 0 Å². The Morgan fingerprint density at radius 2 is 2.32 bits per heavy atom. The maximum absolute atomic E-state index is 11.6. The lowest BCUT2D eigenvalue weighted by molar-refractivity contribution is -0.141. The number of carbonyl (C=O) groups excluding carboxylic acids is 1. The highest BCUT2D eigenvalue weighted by Gasteiger charge is 2.18. The van der Waals surface area contributed by atoms with Gasteiger partial charge in [0.25, 0.3) is 0 Å². The van der Waals surface area contributed by atoms with Crippen LogP contribution in [0.5, 0.6) is 0 Å². The number of aliphatic carboxylic acids is 1. The second-order valence-electron chi connectivity index (χ2n) is 3.66. The molecule has 1 aromatic rings. The molecule has 1 unspecified atom stereocenters. The van der Waals surface area contributed by atoms with Crippen molar-refractivity contribution in [3.63, 3.8) is 0 Å². The summed E-state index contributed by atoms with van der Waals surface area (Å²) in [5, 5.41) is 11.4. The van der Waals surface area contributed by atoms with Gasteiger partial charge in [-0.15, -0.1) is 11.3 Å². The number of hydrogen-bond donors (Lipinski definition) is 2. The Labute approximate surface area is 123 Å². The van der Waals surface area contributed by atoms with E-state index in [1.54, 1.807) is 6.08 Å². The van der Waals surface area contributed by atoms with Crippen molar-refractivity contribution in [2.45, 2.75) is 12.5 Å². The Balaban J connectivity index is 2.52.